The first kappa shape index (κ1) is 15.5. The molecule has 1 aliphatic heterocycles. The minimum atomic E-state index is -0.0440. The summed E-state index contributed by atoms with van der Waals surface area (Å²) < 4.78 is 6.81. The van der Waals surface area contributed by atoms with Gasteiger partial charge in [-0.25, -0.2) is 0 Å². The van der Waals surface area contributed by atoms with Crippen LogP contribution >= 0.6 is 15.9 Å². The molecular weight excluding hydrogens is 318 g/mol. The monoisotopic (exact) mass is 339 g/mol. The van der Waals surface area contributed by atoms with Crippen LogP contribution in [0, 0.1) is 11.8 Å². The van der Waals surface area contributed by atoms with Gasteiger partial charge in [0.15, 0.2) is 0 Å². The first-order chi connectivity index (χ1) is 9.41. The number of hydrogen-bond donors (Lipinski definition) is 0. The van der Waals surface area contributed by atoms with E-state index >= 15 is 0 Å². The Hall–Kier alpha value is -0.870. The van der Waals surface area contributed by atoms with Crippen LogP contribution in [0.2, 0.25) is 0 Å². The summed E-state index contributed by atoms with van der Waals surface area (Å²) in [6.07, 6.45) is 0.143. The van der Waals surface area contributed by atoms with Crippen molar-refractivity contribution in [1.82, 2.24) is 4.90 Å². The van der Waals surface area contributed by atoms with Crippen LogP contribution in [0.3, 0.4) is 0 Å². The highest BCUT2D eigenvalue weighted by atomic mass is 79.9. The second-order valence-corrected chi connectivity index (χ2v) is 6.57. The summed E-state index contributed by atoms with van der Waals surface area (Å²) in [6, 6.07) is 8.00. The lowest BCUT2D eigenvalue weighted by molar-refractivity contribution is -0.137. The highest BCUT2D eigenvalue weighted by Crippen LogP contribution is 2.33. The van der Waals surface area contributed by atoms with Crippen molar-refractivity contribution in [1.29, 1.82) is 0 Å². The van der Waals surface area contributed by atoms with Gasteiger partial charge in [-0.2, -0.15) is 0 Å². The molecule has 0 spiro atoms. The molecule has 0 N–H and O–H groups in total. The lowest BCUT2D eigenvalue weighted by Gasteiger charge is -2.25. The Kier molecular flexibility index (Phi) is 4.86. The molecule has 1 aromatic rings. The van der Waals surface area contributed by atoms with Crippen molar-refractivity contribution < 1.29 is 9.53 Å². The minimum Gasteiger partial charge on any atom is -0.374 e. The van der Waals surface area contributed by atoms with Crippen LogP contribution in [0.4, 0.5) is 0 Å². The summed E-state index contributed by atoms with van der Waals surface area (Å²) in [4.78, 5) is 14.5. The first-order valence-electron chi connectivity index (χ1n) is 7.05. The number of carbonyl (C=O) groups is 1. The predicted octanol–water partition coefficient (Wildman–Crippen LogP) is 3.47. The van der Waals surface area contributed by atoms with Gasteiger partial charge in [-0.3, -0.25) is 4.79 Å². The van der Waals surface area contributed by atoms with Crippen molar-refractivity contribution in [3.63, 3.8) is 0 Å². The van der Waals surface area contributed by atoms with Gasteiger partial charge in [0.25, 0.3) is 0 Å². The van der Waals surface area contributed by atoms with Gasteiger partial charge in [0.05, 0.1) is 18.1 Å². The van der Waals surface area contributed by atoms with Crippen LogP contribution in [0.5, 0.6) is 0 Å². The largest absolute Gasteiger partial charge is 0.374 e. The number of ether oxygens (including phenoxy) is 1. The molecule has 0 radical (unpaired) electrons. The molecule has 1 aromatic carbocycles. The third kappa shape index (κ3) is 3.07. The molecule has 0 saturated carbocycles. The van der Waals surface area contributed by atoms with E-state index in [2.05, 4.69) is 22.9 Å². The van der Waals surface area contributed by atoms with E-state index in [1.165, 1.54) is 0 Å². The van der Waals surface area contributed by atoms with Crippen molar-refractivity contribution in [3.05, 3.63) is 34.3 Å². The molecule has 20 heavy (non-hydrogen) atoms. The van der Waals surface area contributed by atoms with Crippen LogP contribution in [0.15, 0.2) is 28.7 Å². The Morgan fingerprint density at radius 2 is 1.90 bits per heavy atom. The lowest BCUT2D eigenvalue weighted by atomic mass is 9.88. The van der Waals surface area contributed by atoms with E-state index in [0.29, 0.717) is 6.54 Å². The van der Waals surface area contributed by atoms with Crippen LogP contribution in [-0.2, 0) is 16.1 Å². The van der Waals surface area contributed by atoms with E-state index in [1.807, 2.05) is 45.2 Å². The van der Waals surface area contributed by atoms with Gasteiger partial charge in [-0.05, 0) is 31.4 Å². The Morgan fingerprint density at radius 3 is 2.45 bits per heavy atom. The Labute approximate surface area is 129 Å². The Bertz CT molecular complexity index is 491. The fourth-order valence-electron chi connectivity index (χ4n) is 2.91. The molecule has 2 rings (SSSR count). The number of nitrogens with zero attached hydrogens (tertiary/aromatic N) is 1. The highest BCUT2D eigenvalue weighted by molar-refractivity contribution is 9.10. The molecule has 1 fully saturated rings. The smallest absolute Gasteiger partial charge is 0.228 e. The average Bonchev–Trinajstić information content (AvgIpc) is 2.65. The third-order valence-corrected chi connectivity index (χ3v) is 5.04. The Morgan fingerprint density at radius 1 is 1.25 bits per heavy atom. The standard InChI is InChI=1S/C16H22BrNO2/c1-10-11(2)20-12(3)15(10)16(19)18(4)9-13-7-5-6-8-14(13)17/h5-8,10-12,15H,9H2,1-4H3. The fraction of sp³-hybridized carbons (Fsp3) is 0.562. The maximum Gasteiger partial charge on any atom is 0.228 e. The van der Waals surface area contributed by atoms with Gasteiger partial charge >= 0.3 is 0 Å². The van der Waals surface area contributed by atoms with Gasteiger partial charge < -0.3 is 9.64 Å². The van der Waals surface area contributed by atoms with Gasteiger partial charge in [0.1, 0.15) is 0 Å². The molecule has 0 aliphatic carbocycles. The molecule has 0 aromatic heterocycles. The van der Waals surface area contributed by atoms with Crippen LogP contribution in [-0.4, -0.2) is 30.1 Å². The van der Waals surface area contributed by atoms with Crippen molar-refractivity contribution in [3.8, 4) is 0 Å². The van der Waals surface area contributed by atoms with E-state index in [9.17, 15) is 4.79 Å². The molecule has 1 amide bonds. The summed E-state index contributed by atoms with van der Waals surface area (Å²) >= 11 is 3.53. The number of halogens is 1. The van der Waals surface area contributed by atoms with E-state index < -0.39 is 0 Å². The summed E-state index contributed by atoms with van der Waals surface area (Å²) in [5.41, 5.74) is 1.12. The number of carbonyl (C=O) groups excluding carboxylic acids is 1. The van der Waals surface area contributed by atoms with Crippen LogP contribution in [0.1, 0.15) is 26.3 Å². The van der Waals surface area contributed by atoms with Crippen molar-refractivity contribution >= 4 is 21.8 Å². The number of amides is 1. The van der Waals surface area contributed by atoms with Crippen LogP contribution in [0.25, 0.3) is 0 Å². The second-order valence-electron chi connectivity index (χ2n) is 5.72. The molecular formula is C16H22BrNO2. The molecule has 4 unspecified atom stereocenters. The van der Waals surface area contributed by atoms with Crippen molar-refractivity contribution in [2.75, 3.05) is 7.05 Å². The predicted molar refractivity (Wildman–Crippen MR) is 83.3 cm³/mol. The van der Waals surface area contributed by atoms with Gasteiger partial charge in [-0.1, -0.05) is 41.1 Å². The zero-order valence-corrected chi connectivity index (χ0v) is 14.1. The molecule has 110 valence electrons. The molecule has 1 saturated heterocycles. The van der Waals surface area contributed by atoms with Crippen molar-refractivity contribution in [2.45, 2.75) is 39.5 Å². The van der Waals surface area contributed by atoms with E-state index in [0.717, 1.165) is 10.0 Å². The second kappa shape index (κ2) is 6.27. The molecule has 1 heterocycles. The maximum atomic E-state index is 12.7. The number of rotatable bonds is 3. The van der Waals surface area contributed by atoms with Gasteiger partial charge in [-0.15, -0.1) is 0 Å². The molecule has 3 nitrogen and oxygen atoms in total. The Balaban J connectivity index is 2.08. The van der Waals surface area contributed by atoms with E-state index in [1.54, 1.807) is 4.90 Å². The summed E-state index contributed by atoms with van der Waals surface area (Å²) in [5.74, 6) is 0.391. The topological polar surface area (TPSA) is 29.5 Å². The van der Waals surface area contributed by atoms with Gasteiger partial charge in [0.2, 0.25) is 5.91 Å². The quantitative estimate of drug-likeness (QED) is 0.843. The van der Waals surface area contributed by atoms with E-state index in [4.69, 9.17) is 4.74 Å². The SMILES string of the molecule is CC1OC(C)C(C(=O)N(C)Cc2ccccc2Br)C1C. The summed E-state index contributed by atoms with van der Waals surface area (Å²) in [7, 11) is 1.87. The normalized spacial score (nSPS) is 29.4. The summed E-state index contributed by atoms with van der Waals surface area (Å²) in [5, 5.41) is 0. The minimum absolute atomic E-state index is 0.00540. The zero-order chi connectivity index (χ0) is 14.9. The molecule has 1 aliphatic rings. The zero-order valence-electron chi connectivity index (χ0n) is 12.5. The summed E-state index contributed by atoms with van der Waals surface area (Å²) in [6.45, 7) is 6.75. The fourth-order valence-corrected chi connectivity index (χ4v) is 3.32. The lowest BCUT2D eigenvalue weighted by Crippen LogP contribution is -2.38. The maximum absolute atomic E-state index is 12.7. The molecule has 4 atom stereocenters. The van der Waals surface area contributed by atoms with Gasteiger partial charge in [0, 0.05) is 18.1 Å². The number of benzene rings is 1. The third-order valence-electron chi connectivity index (χ3n) is 4.27. The van der Waals surface area contributed by atoms with E-state index in [-0.39, 0.29) is 30.0 Å². The first-order valence-corrected chi connectivity index (χ1v) is 7.85. The highest BCUT2D eigenvalue weighted by Gasteiger charge is 2.42. The van der Waals surface area contributed by atoms with Crippen molar-refractivity contribution in [2.24, 2.45) is 11.8 Å². The number of hydrogen-bond acceptors (Lipinski definition) is 2. The molecule has 4 heteroatoms. The van der Waals surface area contributed by atoms with Crippen LogP contribution < -0.4 is 0 Å². The average molecular weight is 340 g/mol. The molecule has 0 bridgehead atoms.